The van der Waals surface area contributed by atoms with Crippen LogP contribution in [-0.4, -0.2) is 44.7 Å². The van der Waals surface area contributed by atoms with Crippen LogP contribution in [0.2, 0.25) is 0 Å². The van der Waals surface area contributed by atoms with E-state index in [-0.39, 0.29) is 40.6 Å². The SMILES string of the molecule is N#Cc1nc(-c2ccco2)oc1N1CCC(C(=O)NCCS(=O)(=O)c2ccccc2)CC1. The van der Waals surface area contributed by atoms with Crippen molar-refractivity contribution in [2.75, 3.05) is 30.3 Å². The first-order valence-electron chi connectivity index (χ1n) is 10.2. The summed E-state index contributed by atoms with van der Waals surface area (Å²) in [4.78, 5) is 18.8. The number of furan rings is 1. The van der Waals surface area contributed by atoms with Crippen molar-refractivity contribution in [2.24, 2.45) is 5.92 Å². The van der Waals surface area contributed by atoms with Crippen molar-refractivity contribution in [3.05, 3.63) is 54.4 Å². The predicted molar refractivity (Wildman–Crippen MR) is 115 cm³/mol. The maximum Gasteiger partial charge on any atom is 0.266 e. The van der Waals surface area contributed by atoms with Gasteiger partial charge in [-0.3, -0.25) is 4.79 Å². The smallest absolute Gasteiger partial charge is 0.266 e. The first-order valence-corrected chi connectivity index (χ1v) is 11.9. The van der Waals surface area contributed by atoms with E-state index in [4.69, 9.17) is 8.83 Å². The molecule has 2 aromatic heterocycles. The molecule has 166 valence electrons. The topological polar surface area (TPSA) is 129 Å². The first-order chi connectivity index (χ1) is 15.5. The molecule has 0 radical (unpaired) electrons. The van der Waals surface area contributed by atoms with Crippen molar-refractivity contribution in [3.8, 4) is 17.7 Å². The van der Waals surface area contributed by atoms with E-state index in [1.807, 2.05) is 11.0 Å². The van der Waals surface area contributed by atoms with Crippen LogP contribution in [0.4, 0.5) is 5.88 Å². The van der Waals surface area contributed by atoms with Crippen LogP contribution in [0, 0.1) is 17.2 Å². The Balaban J connectivity index is 1.30. The summed E-state index contributed by atoms with van der Waals surface area (Å²) in [5.41, 5.74) is 0.172. The highest BCUT2D eigenvalue weighted by atomic mass is 32.2. The fraction of sp³-hybridized carbons (Fsp3) is 0.318. The van der Waals surface area contributed by atoms with Crippen LogP contribution in [-0.2, 0) is 14.6 Å². The number of carbonyl (C=O) groups excluding carboxylic acids is 1. The van der Waals surface area contributed by atoms with Crippen molar-refractivity contribution >= 4 is 21.6 Å². The van der Waals surface area contributed by atoms with Crippen molar-refractivity contribution in [1.82, 2.24) is 10.3 Å². The molecule has 1 aliphatic rings. The zero-order chi connectivity index (χ0) is 22.6. The first kappa shape index (κ1) is 21.6. The largest absolute Gasteiger partial charge is 0.459 e. The van der Waals surface area contributed by atoms with Gasteiger partial charge in [0.05, 0.1) is 16.9 Å². The Kier molecular flexibility index (Phi) is 6.28. The average Bonchev–Trinajstić information content (AvgIpc) is 3.49. The molecule has 1 aromatic carbocycles. The second-order valence-corrected chi connectivity index (χ2v) is 9.56. The van der Waals surface area contributed by atoms with Gasteiger partial charge in [0.2, 0.25) is 17.5 Å². The van der Waals surface area contributed by atoms with E-state index in [2.05, 4.69) is 10.3 Å². The zero-order valence-corrected chi connectivity index (χ0v) is 18.0. The van der Waals surface area contributed by atoms with E-state index >= 15 is 0 Å². The number of nitrogens with one attached hydrogen (secondary N) is 1. The summed E-state index contributed by atoms with van der Waals surface area (Å²) < 4.78 is 35.7. The Morgan fingerprint density at radius 3 is 2.59 bits per heavy atom. The number of sulfone groups is 1. The number of piperidine rings is 1. The Labute approximate surface area is 185 Å². The number of hydrogen-bond acceptors (Lipinski definition) is 8. The number of nitrogens with zero attached hydrogens (tertiary/aromatic N) is 3. The molecule has 4 rings (SSSR count). The van der Waals surface area contributed by atoms with E-state index < -0.39 is 9.84 Å². The van der Waals surface area contributed by atoms with Crippen LogP contribution in [0.5, 0.6) is 0 Å². The van der Waals surface area contributed by atoms with E-state index in [1.54, 1.807) is 42.5 Å². The number of amides is 1. The van der Waals surface area contributed by atoms with Gasteiger partial charge >= 0.3 is 0 Å². The third kappa shape index (κ3) is 4.68. The molecule has 0 aliphatic carbocycles. The minimum atomic E-state index is -3.44. The highest BCUT2D eigenvalue weighted by Gasteiger charge is 2.29. The molecule has 3 heterocycles. The minimum absolute atomic E-state index is 0.0590. The molecule has 10 heteroatoms. The average molecular weight is 455 g/mol. The fourth-order valence-electron chi connectivity index (χ4n) is 3.65. The fourth-order valence-corrected chi connectivity index (χ4v) is 4.83. The molecule has 1 N–H and O–H groups in total. The molecule has 1 saturated heterocycles. The molecule has 0 saturated carbocycles. The number of benzene rings is 1. The van der Waals surface area contributed by atoms with Gasteiger partial charge in [0, 0.05) is 25.6 Å². The molecule has 9 nitrogen and oxygen atoms in total. The van der Waals surface area contributed by atoms with Crippen LogP contribution in [0.25, 0.3) is 11.7 Å². The van der Waals surface area contributed by atoms with E-state index in [0.29, 0.717) is 37.6 Å². The number of oxazole rings is 1. The van der Waals surface area contributed by atoms with Gasteiger partial charge in [0.1, 0.15) is 6.07 Å². The molecule has 1 aliphatic heterocycles. The van der Waals surface area contributed by atoms with Gasteiger partial charge < -0.3 is 19.1 Å². The standard InChI is InChI=1S/C22H22N4O5S/c23-15-18-22(31-21(25-18)19-7-4-13-30-19)26-11-8-16(9-12-26)20(27)24-10-14-32(28,29)17-5-2-1-3-6-17/h1-7,13,16H,8-12,14H2,(H,24,27). The summed E-state index contributed by atoms with van der Waals surface area (Å²) in [6.45, 7) is 1.09. The second kappa shape index (κ2) is 9.28. The summed E-state index contributed by atoms with van der Waals surface area (Å²) in [6.07, 6.45) is 2.61. The van der Waals surface area contributed by atoms with E-state index in [9.17, 15) is 18.5 Å². The summed E-state index contributed by atoms with van der Waals surface area (Å²) in [6, 6.07) is 13.6. The highest BCUT2D eigenvalue weighted by molar-refractivity contribution is 7.91. The number of nitriles is 1. The Morgan fingerprint density at radius 2 is 1.94 bits per heavy atom. The van der Waals surface area contributed by atoms with Crippen LogP contribution < -0.4 is 10.2 Å². The summed E-state index contributed by atoms with van der Waals surface area (Å²) in [7, 11) is -3.44. The highest BCUT2D eigenvalue weighted by Crippen LogP contribution is 2.31. The Hall–Kier alpha value is -3.58. The monoisotopic (exact) mass is 454 g/mol. The van der Waals surface area contributed by atoms with Gasteiger partial charge in [0.25, 0.3) is 5.89 Å². The lowest BCUT2D eigenvalue weighted by atomic mass is 9.96. The third-order valence-corrected chi connectivity index (χ3v) is 7.10. The Morgan fingerprint density at radius 1 is 1.19 bits per heavy atom. The molecular formula is C22H22N4O5S. The lowest BCUT2D eigenvalue weighted by Crippen LogP contribution is -2.41. The molecular weight excluding hydrogens is 432 g/mol. The predicted octanol–water partition coefficient (Wildman–Crippen LogP) is 2.61. The number of anilines is 1. The van der Waals surface area contributed by atoms with Crippen molar-refractivity contribution in [3.63, 3.8) is 0 Å². The molecule has 1 fully saturated rings. The summed E-state index contributed by atoms with van der Waals surface area (Å²) >= 11 is 0. The number of hydrogen-bond donors (Lipinski definition) is 1. The van der Waals surface area contributed by atoms with Crippen LogP contribution in [0.15, 0.2) is 62.5 Å². The Bertz CT molecular complexity index is 1210. The minimum Gasteiger partial charge on any atom is -0.459 e. The van der Waals surface area contributed by atoms with E-state index in [1.165, 1.54) is 6.26 Å². The van der Waals surface area contributed by atoms with Gasteiger partial charge in [-0.05, 0) is 37.1 Å². The van der Waals surface area contributed by atoms with Gasteiger partial charge in [0.15, 0.2) is 15.6 Å². The quantitative estimate of drug-likeness (QED) is 0.577. The zero-order valence-electron chi connectivity index (χ0n) is 17.2. The second-order valence-electron chi connectivity index (χ2n) is 7.45. The maximum atomic E-state index is 12.5. The molecule has 32 heavy (non-hydrogen) atoms. The molecule has 0 spiro atoms. The molecule has 1 amide bonds. The maximum absolute atomic E-state index is 12.5. The van der Waals surface area contributed by atoms with Gasteiger partial charge in [-0.1, -0.05) is 18.2 Å². The number of aromatic nitrogens is 1. The van der Waals surface area contributed by atoms with Crippen LogP contribution in [0.3, 0.4) is 0 Å². The molecule has 3 aromatic rings. The lowest BCUT2D eigenvalue weighted by molar-refractivity contribution is -0.125. The normalized spacial score (nSPS) is 14.8. The van der Waals surface area contributed by atoms with Crippen molar-refractivity contribution in [2.45, 2.75) is 17.7 Å². The number of rotatable bonds is 7. The van der Waals surface area contributed by atoms with Crippen molar-refractivity contribution < 1.29 is 22.0 Å². The van der Waals surface area contributed by atoms with E-state index in [0.717, 1.165) is 0 Å². The van der Waals surface area contributed by atoms with Crippen molar-refractivity contribution in [1.29, 1.82) is 5.26 Å². The van der Waals surface area contributed by atoms with Gasteiger partial charge in [-0.2, -0.15) is 10.2 Å². The molecule has 0 unspecified atom stereocenters. The third-order valence-electron chi connectivity index (χ3n) is 5.37. The molecule has 0 bridgehead atoms. The molecule has 0 atom stereocenters. The summed E-state index contributed by atoms with van der Waals surface area (Å²) in [5, 5.41) is 12.1. The van der Waals surface area contributed by atoms with Gasteiger partial charge in [-0.15, -0.1) is 0 Å². The van der Waals surface area contributed by atoms with Crippen LogP contribution >= 0.6 is 0 Å². The summed E-state index contributed by atoms with van der Waals surface area (Å²) in [5.74, 6) is 0.493. The van der Waals surface area contributed by atoms with Gasteiger partial charge in [-0.25, -0.2) is 8.42 Å². The lowest BCUT2D eigenvalue weighted by Gasteiger charge is -2.30. The number of carbonyl (C=O) groups is 1. The van der Waals surface area contributed by atoms with Crippen LogP contribution in [0.1, 0.15) is 18.5 Å².